The van der Waals surface area contributed by atoms with Gasteiger partial charge >= 0.3 is 0 Å². The van der Waals surface area contributed by atoms with Crippen LogP contribution in [0, 0.1) is 5.82 Å². The average Bonchev–Trinajstić information content (AvgIpc) is 3.30. The summed E-state index contributed by atoms with van der Waals surface area (Å²) >= 11 is 0. The van der Waals surface area contributed by atoms with E-state index in [0.29, 0.717) is 6.42 Å². The number of fused-ring (bicyclic) bond motifs is 1. The van der Waals surface area contributed by atoms with Gasteiger partial charge in [0, 0.05) is 17.8 Å². The number of halogens is 1. The van der Waals surface area contributed by atoms with Crippen molar-refractivity contribution in [3.05, 3.63) is 71.7 Å². The van der Waals surface area contributed by atoms with Crippen LogP contribution in [0.2, 0.25) is 0 Å². The Kier molecular flexibility index (Phi) is 3.83. The second-order valence-electron chi connectivity index (χ2n) is 6.92. The van der Waals surface area contributed by atoms with Crippen LogP contribution in [-0.2, 0) is 16.6 Å². The zero-order valence-electron chi connectivity index (χ0n) is 14.1. The number of carbonyl (C=O) groups excluding carboxylic acids is 1. The van der Waals surface area contributed by atoms with Crippen molar-refractivity contribution in [2.24, 2.45) is 0 Å². The topological polar surface area (TPSA) is 42.2 Å². The van der Waals surface area contributed by atoms with Crippen molar-refractivity contribution in [2.45, 2.75) is 37.6 Å². The Bertz CT molecular complexity index is 876. The highest BCUT2D eigenvalue weighted by molar-refractivity contribution is 5.91. The number of furan rings is 1. The molecule has 4 heteroatoms. The molecular weight excluding hydrogens is 317 g/mol. The van der Waals surface area contributed by atoms with Crippen LogP contribution in [0.1, 0.15) is 31.1 Å². The van der Waals surface area contributed by atoms with Gasteiger partial charge in [-0.3, -0.25) is 4.79 Å². The van der Waals surface area contributed by atoms with E-state index in [1.54, 1.807) is 12.1 Å². The first kappa shape index (κ1) is 15.9. The summed E-state index contributed by atoms with van der Waals surface area (Å²) in [5.41, 5.74) is 1.26. The summed E-state index contributed by atoms with van der Waals surface area (Å²) < 4.78 is 19.0. The molecule has 1 aliphatic rings. The van der Waals surface area contributed by atoms with Crippen molar-refractivity contribution in [3.63, 3.8) is 0 Å². The minimum Gasteiger partial charge on any atom is -0.461 e. The maximum atomic E-state index is 13.1. The van der Waals surface area contributed by atoms with Gasteiger partial charge in [0.15, 0.2) is 0 Å². The molecule has 0 saturated heterocycles. The van der Waals surface area contributed by atoms with Gasteiger partial charge < -0.3 is 9.73 Å². The molecule has 1 aromatic heterocycles. The second kappa shape index (κ2) is 6.03. The fraction of sp³-hybridized carbons (Fsp3) is 0.286. The average molecular weight is 337 g/mol. The highest BCUT2D eigenvalue weighted by atomic mass is 19.1. The normalized spacial score (nSPS) is 16.6. The fourth-order valence-electron chi connectivity index (χ4n) is 3.39. The van der Waals surface area contributed by atoms with Crippen LogP contribution < -0.4 is 5.32 Å². The van der Waals surface area contributed by atoms with Crippen LogP contribution >= 0.6 is 0 Å². The maximum absolute atomic E-state index is 13.1. The molecule has 25 heavy (non-hydrogen) atoms. The number of benzene rings is 2. The molecular formula is C21H20FNO2. The van der Waals surface area contributed by atoms with E-state index >= 15 is 0 Å². The molecule has 0 bridgehead atoms. The summed E-state index contributed by atoms with van der Waals surface area (Å²) in [5.74, 6) is 0.599. The molecule has 4 rings (SSSR count). The largest absolute Gasteiger partial charge is 0.461 e. The molecule has 2 aromatic carbocycles. The third kappa shape index (κ3) is 3.04. The Labute approximate surface area is 145 Å². The van der Waals surface area contributed by atoms with Crippen LogP contribution in [0.15, 0.2) is 59.0 Å². The molecule has 1 aliphatic carbocycles. The molecule has 3 aromatic rings. The number of rotatable bonds is 5. The van der Waals surface area contributed by atoms with E-state index in [4.69, 9.17) is 4.42 Å². The molecule has 0 unspecified atom stereocenters. The fourth-order valence-corrected chi connectivity index (χ4v) is 3.39. The Morgan fingerprint density at radius 3 is 2.60 bits per heavy atom. The van der Waals surface area contributed by atoms with Gasteiger partial charge in [0.2, 0.25) is 5.91 Å². The first-order chi connectivity index (χ1) is 12.1. The Balaban J connectivity index is 1.44. The minimum atomic E-state index is -0.490. The molecule has 1 amide bonds. The number of nitrogens with one attached hydrogen (secondary N) is 1. The van der Waals surface area contributed by atoms with Gasteiger partial charge in [-0.1, -0.05) is 30.3 Å². The first-order valence-electron chi connectivity index (χ1n) is 8.61. The smallest absolute Gasteiger partial charge is 0.230 e. The molecule has 3 nitrogen and oxygen atoms in total. The van der Waals surface area contributed by atoms with Gasteiger partial charge in [0.05, 0.1) is 5.41 Å². The second-order valence-corrected chi connectivity index (χ2v) is 6.92. The van der Waals surface area contributed by atoms with Gasteiger partial charge in [0.25, 0.3) is 0 Å². The standard InChI is InChI=1S/C21H20FNO2/c1-14(12-18-13-15-4-2-3-5-19(15)25-18)23-20(24)21(10-11-21)16-6-8-17(22)9-7-16/h2-9,13-14H,10-12H2,1H3,(H,23,24)/t14-/m0/s1. The van der Waals surface area contributed by atoms with Gasteiger partial charge in [0.1, 0.15) is 17.2 Å². The first-order valence-corrected chi connectivity index (χ1v) is 8.61. The quantitative estimate of drug-likeness (QED) is 0.752. The van der Waals surface area contributed by atoms with Crippen molar-refractivity contribution in [1.29, 1.82) is 0 Å². The summed E-state index contributed by atoms with van der Waals surface area (Å²) in [5, 5.41) is 4.17. The monoisotopic (exact) mass is 337 g/mol. The molecule has 1 atom stereocenters. The summed E-state index contributed by atoms with van der Waals surface area (Å²) in [6.07, 6.45) is 2.25. The summed E-state index contributed by atoms with van der Waals surface area (Å²) in [7, 11) is 0. The zero-order chi connectivity index (χ0) is 17.4. The van der Waals surface area contributed by atoms with Crippen molar-refractivity contribution >= 4 is 16.9 Å². The molecule has 1 fully saturated rings. The Morgan fingerprint density at radius 1 is 1.20 bits per heavy atom. The van der Waals surface area contributed by atoms with Crippen LogP contribution in [0.5, 0.6) is 0 Å². The molecule has 0 aliphatic heterocycles. The van der Waals surface area contributed by atoms with Crippen molar-refractivity contribution in [3.8, 4) is 0 Å². The number of hydrogen-bond donors (Lipinski definition) is 1. The van der Waals surface area contributed by atoms with Crippen molar-refractivity contribution < 1.29 is 13.6 Å². The number of carbonyl (C=O) groups is 1. The number of amides is 1. The van der Waals surface area contributed by atoms with Gasteiger partial charge in [-0.15, -0.1) is 0 Å². The molecule has 1 N–H and O–H groups in total. The predicted molar refractivity (Wildman–Crippen MR) is 94.8 cm³/mol. The molecule has 0 radical (unpaired) electrons. The molecule has 128 valence electrons. The van der Waals surface area contributed by atoms with Crippen LogP contribution in [0.3, 0.4) is 0 Å². The van der Waals surface area contributed by atoms with Crippen LogP contribution in [-0.4, -0.2) is 11.9 Å². The predicted octanol–water partition coefficient (Wildman–Crippen LogP) is 4.35. The Morgan fingerprint density at radius 2 is 1.92 bits per heavy atom. The van der Waals surface area contributed by atoms with E-state index in [-0.39, 0.29) is 17.8 Å². The lowest BCUT2D eigenvalue weighted by molar-refractivity contribution is -0.124. The summed E-state index contributed by atoms with van der Waals surface area (Å²) in [6, 6.07) is 16.1. The van der Waals surface area contributed by atoms with Gasteiger partial charge in [-0.25, -0.2) is 4.39 Å². The third-order valence-corrected chi connectivity index (χ3v) is 4.94. The van der Waals surface area contributed by atoms with E-state index in [0.717, 1.165) is 35.1 Å². The van der Waals surface area contributed by atoms with E-state index in [1.165, 1.54) is 12.1 Å². The van der Waals surface area contributed by atoms with Crippen molar-refractivity contribution in [2.75, 3.05) is 0 Å². The van der Waals surface area contributed by atoms with E-state index in [9.17, 15) is 9.18 Å². The van der Waals surface area contributed by atoms with Gasteiger partial charge in [-0.05, 0) is 49.6 Å². The van der Waals surface area contributed by atoms with Crippen LogP contribution in [0.25, 0.3) is 11.0 Å². The van der Waals surface area contributed by atoms with Gasteiger partial charge in [-0.2, -0.15) is 0 Å². The maximum Gasteiger partial charge on any atom is 0.230 e. The lowest BCUT2D eigenvalue weighted by Gasteiger charge is -2.19. The Hall–Kier alpha value is -2.62. The van der Waals surface area contributed by atoms with Crippen LogP contribution in [0.4, 0.5) is 4.39 Å². The molecule has 1 saturated carbocycles. The van der Waals surface area contributed by atoms with E-state index < -0.39 is 5.41 Å². The van der Waals surface area contributed by atoms with E-state index in [1.807, 2.05) is 37.3 Å². The number of hydrogen-bond acceptors (Lipinski definition) is 2. The molecule has 1 heterocycles. The highest BCUT2D eigenvalue weighted by Gasteiger charge is 2.51. The number of para-hydroxylation sites is 1. The SMILES string of the molecule is C[C@@H](Cc1cc2ccccc2o1)NC(=O)C1(c2ccc(F)cc2)CC1. The van der Waals surface area contributed by atoms with Crippen molar-refractivity contribution in [1.82, 2.24) is 5.32 Å². The minimum absolute atomic E-state index is 0.0164. The molecule has 0 spiro atoms. The summed E-state index contributed by atoms with van der Waals surface area (Å²) in [6.45, 7) is 1.98. The highest BCUT2D eigenvalue weighted by Crippen LogP contribution is 2.48. The zero-order valence-corrected chi connectivity index (χ0v) is 14.1. The van der Waals surface area contributed by atoms with E-state index in [2.05, 4.69) is 5.32 Å². The lowest BCUT2D eigenvalue weighted by atomic mass is 9.94. The third-order valence-electron chi connectivity index (χ3n) is 4.94. The lowest BCUT2D eigenvalue weighted by Crippen LogP contribution is -2.41. The summed E-state index contributed by atoms with van der Waals surface area (Å²) in [4.78, 5) is 12.7.